The van der Waals surface area contributed by atoms with Crippen molar-refractivity contribution >= 4 is 5.91 Å². The molecule has 0 fully saturated rings. The van der Waals surface area contributed by atoms with Crippen LogP contribution in [0.3, 0.4) is 0 Å². The Morgan fingerprint density at radius 3 is 2.33 bits per heavy atom. The fourth-order valence-corrected chi connectivity index (χ4v) is 1.91. The lowest BCUT2D eigenvalue weighted by molar-refractivity contribution is -0.145. The zero-order valence-corrected chi connectivity index (χ0v) is 12.4. The molecule has 0 radical (unpaired) electrons. The van der Waals surface area contributed by atoms with Crippen LogP contribution in [0.2, 0.25) is 0 Å². The summed E-state index contributed by atoms with van der Waals surface area (Å²) in [5.41, 5.74) is 5.40. The molecule has 0 spiro atoms. The molecule has 3 N–H and O–H groups in total. The van der Waals surface area contributed by atoms with Crippen LogP contribution in [0.15, 0.2) is 0 Å². The van der Waals surface area contributed by atoms with Crippen LogP contribution in [0.1, 0.15) is 59.8 Å². The van der Waals surface area contributed by atoms with Crippen molar-refractivity contribution in [3.05, 3.63) is 0 Å². The van der Waals surface area contributed by atoms with E-state index in [1.54, 1.807) is 6.92 Å². The molecule has 18 heavy (non-hydrogen) atoms. The number of carbonyl (C=O) groups excluding carboxylic acids is 1. The molecule has 4 nitrogen and oxygen atoms in total. The van der Waals surface area contributed by atoms with Crippen molar-refractivity contribution in [1.29, 1.82) is 0 Å². The largest absolute Gasteiger partial charge is 0.361 e. The average Bonchev–Trinajstić information content (AvgIpc) is 2.40. The third kappa shape index (κ3) is 5.83. The van der Waals surface area contributed by atoms with Gasteiger partial charge in [-0.2, -0.15) is 0 Å². The highest BCUT2D eigenvalue weighted by Crippen LogP contribution is 2.21. The van der Waals surface area contributed by atoms with Crippen molar-refractivity contribution in [3.63, 3.8) is 0 Å². The van der Waals surface area contributed by atoms with Crippen LogP contribution in [0.4, 0.5) is 0 Å². The molecule has 0 bridgehead atoms. The minimum absolute atomic E-state index is 0.0363. The molecule has 4 heteroatoms. The second-order valence-corrected chi connectivity index (χ2v) is 4.85. The standard InChI is InChI=1S/C14H30N2O2/c1-5-8-9-10-16-13(17)12(4)18-14(6-2,7-3)11-15/h12H,5-11,15H2,1-4H3,(H,16,17). The summed E-state index contributed by atoms with van der Waals surface area (Å²) in [6.45, 7) is 9.21. The van der Waals surface area contributed by atoms with E-state index < -0.39 is 6.10 Å². The summed E-state index contributed by atoms with van der Waals surface area (Å²) in [7, 11) is 0. The predicted molar refractivity (Wildman–Crippen MR) is 75.4 cm³/mol. The van der Waals surface area contributed by atoms with Gasteiger partial charge in [-0.15, -0.1) is 0 Å². The molecule has 0 rings (SSSR count). The Morgan fingerprint density at radius 2 is 1.89 bits per heavy atom. The maximum atomic E-state index is 11.9. The fraction of sp³-hybridized carbons (Fsp3) is 0.929. The SMILES string of the molecule is CCCCCNC(=O)C(C)OC(CC)(CC)CN. The fourth-order valence-electron chi connectivity index (χ4n) is 1.91. The normalized spacial score (nSPS) is 13.4. The first kappa shape index (κ1) is 17.4. The van der Waals surface area contributed by atoms with Crippen LogP contribution in [0.5, 0.6) is 0 Å². The Labute approximate surface area is 112 Å². The quantitative estimate of drug-likeness (QED) is 0.591. The maximum Gasteiger partial charge on any atom is 0.248 e. The molecule has 1 atom stereocenters. The van der Waals surface area contributed by atoms with Crippen LogP contribution in [0.25, 0.3) is 0 Å². The van der Waals surface area contributed by atoms with Crippen molar-refractivity contribution in [3.8, 4) is 0 Å². The second-order valence-electron chi connectivity index (χ2n) is 4.85. The van der Waals surface area contributed by atoms with E-state index in [0.29, 0.717) is 6.54 Å². The number of unbranched alkanes of at least 4 members (excludes halogenated alkanes) is 2. The van der Waals surface area contributed by atoms with E-state index >= 15 is 0 Å². The summed E-state index contributed by atoms with van der Waals surface area (Å²) in [4.78, 5) is 11.9. The van der Waals surface area contributed by atoms with Crippen LogP contribution in [-0.2, 0) is 9.53 Å². The molecular weight excluding hydrogens is 228 g/mol. The van der Waals surface area contributed by atoms with Gasteiger partial charge in [0.1, 0.15) is 6.10 Å². The third-order valence-corrected chi connectivity index (χ3v) is 3.54. The first-order valence-corrected chi connectivity index (χ1v) is 7.20. The molecule has 0 heterocycles. The molecule has 0 saturated heterocycles. The third-order valence-electron chi connectivity index (χ3n) is 3.54. The summed E-state index contributed by atoms with van der Waals surface area (Å²) < 4.78 is 5.87. The van der Waals surface area contributed by atoms with Gasteiger partial charge in [-0.3, -0.25) is 4.79 Å². The van der Waals surface area contributed by atoms with Crippen molar-refractivity contribution in [2.75, 3.05) is 13.1 Å². The number of hydrogen-bond donors (Lipinski definition) is 2. The van der Waals surface area contributed by atoms with Gasteiger partial charge >= 0.3 is 0 Å². The Kier molecular flexibility index (Phi) is 9.02. The van der Waals surface area contributed by atoms with E-state index in [2.05, 4.69) is 12.2 Å². The molecule has 0 aromatic rings. The maximum absolute atomic E-state index is 11.9. The van der Waals surface area contributed by atoms with Gasteiger partial charge in [-0.25, -0.2) is 0 Å². The van der Waals surface area contributed by atoms with Crippen LogP contribution < -0.4 is 11.1 Å². The zero-order valence-electron chi connectivity index (χ0n) is 12.4. The van der Waals surface area contributed by atoms with Crippen LogP contribution in [-0.4, -0.2) is 30.7 Å². The number of nitrogens with two attached hydrogens (primary N) is 1. The zero-order chi connectivity index (χ0) is 14.0. The number of carbonyl (C=O) groups is 1. The molecule has 0 aromatic carbocycles. The molecule has 1 unspecified atom stereocenters. The first-order valence-electron chi connectivity index (χ1n) is 7.20. The Hall–Kier alpha value is -0.610. The Morgan fingerprint density at radius 1 is 1.28 bits per heavy atom. The molecule has 1 amide bonds. The van der Waals surface area contributed by atoms with E-state index in [1.165, 1.54) is 0 Å². The van der Waals surface area contributed by atoms with Gasteiger partial charge in [0.05, 0.1) is 5.60 Å². The highest BCUT2D eigenvalue weighted by molar-refractivity contribution is 5.80. The molecule has 108 valence electrons. The highest BCUT2D eigenvalue weighted by Gasteiger charge is 2.29. The number of ether oxygens (including phenoxy) is 1. The molecule has 0 aliphatic carbocycles. The lowest BCUT2D eigenvalue weighted by atomic mass is 9.97. The molecule has 0 aliphatic heterocycles. The number of hydrogen-bond acceptors (Lipinski definition) is 3. The first-order chi connectivity index (χ1) is 8.55. The number of rotatable bonds is 10. The molecule has 0 saturated carbocycles. The summed E-state index contributed by atoms with van der Waals surface area (Å²) in [5.74, 6) is -0.0363. The van der Waals surface area contributed by atoms with E-state index in [1.807, 2.05) is 13.8 Å². The highest BCUT2D eigenvalue weighted by atomic mass is 16.5. The summed E-state index contributed by atoms with van der Waals surface area (Å²) in [5, 5.41) is 2.91. The van der Waals surface area contributed by atoms with Gasteiger partial charge in [0.2, 0.25) is 5.91 Å². The van der Waals surface area contributed by atoms with Crippen molar-refractivity contribution in [2.24, 2.45) is 5.73 Å². The molecular formula is C14H30N2O2. The van der Waals surface area contributed by atoms with Crippen molar-refractivity contribution in [2.45, 2.75) is 71.5 Å². The van der Waals surface area contributed by atoms with Gasteiger partial charge < -0.3 is 15.8 Å². The Bertz CT molecular complexity index is 220. The van der Waals surface area contributed by atoms with Gasteiger partial charge in [-0.1, -0.05) is 33.6 Å². The van der Waals surface area contributed by atoms with Gasteiger partial charge in [0, 0.05) is 13.1 Å². The summed E-state index contributed by atoms with van der Waals surface area (Å²) in [6, 6.07) is 0. The number of amides is 1. The smallest absolute Gasteiger partial charge is 0.248 e. The molecule has 0 aliphatic rings. The number of nitrogens with one attached hydrogen (secondary N) is 1. The van der Waals surface area contributed by atoms with Crippen LogP contribution in [0, 0.1) is 0 Å². The predicted octanol–water partition coefficient (Wildman–Crippen LogP) is 2.22. The minimum atomic E-state index is -0.435. The van der Waals surface area contributed by atoms with Gasteiger partial charge in [-0.05, 0) is 26.2 Å². The van der Waals surface area contributed by atoms with Gasteiger partial charge in [0.25, 0.3) is 0 Å². The van der Waals surface area contributed by atoms with E-state index in [0.717, 1.165) is 38.6 Å². The van der Waals surface area contributed by atoms with E-state index in [9.17, 15) is 4.79 Å². The molecule has 0 aromatic heterocycles. The average molecular weight is 258 g/mol. The van der Waals surface area contributed by atoms with Crippen molar-refractivity contribution in [1.82, 2.24) is 5.32 Å². The Balaban J connectivity index is 4.13. The summed E-state index contributed by atoms with van der Waals surface area (Å²) in [6.07, 6.45) is 4.55. The minimum Gasteiger partial charge on any atom is -0.361 e. The lowest BCUT2D eigenvalue weighted by Crippen LogP contribution is -2.46. The summed E-state index contributed by atoms with van der Waals surface area (Å²) >= 11 is 0. The second kappa shape index (κ2) is 9.34. The van der Waals surface area contributed by atoms with E-state index in [4.69, 9.17) is 10.5 Å². The van der Waals surface area contributed by atoms with E-state index in [-0.39, 0.29) is 11.5 Å². The van der Waals surface area contributed by atoms with Gasteiger partial charge in [0.15, 0.2) is 0 Å². The van der Waals surface area contributed by atoms with Crippen molar-refractivity contribution < 1.29 is 9.53 Å². The lowest BCUT2D eigenvalue weighted by Gasteiger charge is -2.33. The topological polar surface area (TPSA) is 64.3 Å². The monoisotopic (exact) mass is 258 g/mol. The van der Waals surface area contributed by atoms with Crippen LogP contribution >= 0.6 is 0 Å².